The molecule has 0 atom stereocenters. The zero-order chi connectivity index (χ0) is 14.8. The summed E-state index contributed by atoms with van der Waals surface area (Å²) in [7, 11) is 0. The summed E-state index contributed by atoms with van der Waals surface area (Å²) < 4.78 is 2.13. The smallest absolute Gasteiger partial charge is 0.270 e. The summed E-state index contributed by atoms with van der Waals surface area (Å²) >= 11 is 0. The Morgan fingerprint density at radius 3 is 2.67 bits per heavy atom. The molecule has 0 saturated carbocycles. The van der Waals surface area contributed by atoms with Gasteiger partial charge in [0.2, 0.25) is 0 Å². The van der Waals surface area contributed by atoms with Crippen molar-refractivity contribution in [3.63, 3.8) is 0 Å². The molecular formula is C16H13N3O2. The molecule has 104 valence electrons. The number of benzene rings is 2. The van der Waals surface area contributed by atoms with Gasteiger partial charge in [-0.25, -0.2) is 0 Å². The number of fused-ring (bicyclic) bond motifs is 3. The van der Waals surface area contributed by atoms with Crippen molar-refractivity contribution >= 4 is 27.5 Å². The van der Waals surface area contributed by atoms with Gasteiger partial charge in [0, 0.05) is 46.9 Å². The Labute approximate surface area is 121 Å². The Morgan fingerprint density at radius 1 is 1.14 bits per heavy atom. The van der Waals surface area contributed by atoms with Gasteiger partial charge in [-0.05, 0) is 18.6 Å². The van der Waals surface area contributed by atoms with Gasteiger partial charge in [-0.3, -0.25) is 10.1 Å². The second-order valence-electron chi connectivity index (χ2n) is 4.89. The largest absolute Gasteiger partial charge is 0.340 e. The topological polar surface area (TPSA) is 71.9 Å². The number of nitro benzene ring substituents is 1. The lowest BCUT2D eigenvalue weighted by atomic mass is 10.1. The SMILES string of the molecule is N#CCCCn1c2ccccc2c2cc([N+](=O)[O-])ccc21. The van der Waals surface area contributed by atoms with Crippen molar-refractivity contribution in [3.05, 3.63) is 52.6 Å². The Hall–Kier alpha value is -2.87. The highest BCUT2D eigenvalue weighted by molar-refractivity contribution is 6.08. The monoisotopic (exact) mass is 279 g/mol. The highest BCUT2D eigenvalue weighted by Gasteiger charge is 2.13. The van der Waals surface area contributed by atoms with E-state index in [1.54, 1.807) is 12.1 Å². The van der Waals surface area contributed by atoms with Crippen LogP contribution >= 0.6 is 0 Å². The second kappa shape index (κ2) is 5.25. The van der Waals surface area contributed by atoms with Crippen molar-refractivity contribution in [2.75, 3.05) is 0 Å². The summed E-state index contributed by atoms with van der Waals surface area (Å²) in [6.45, 7) is 0.732. The number of unbranched alkanes of at least 4 members (excludes halogenated alkanes) is 1. The van der Waals surface area contributed by atoms with Gasteiger partial charge < -0.3 is 4.57 Å². The van der Waals surface area contributed by atoms with Gasteiger partial charge in [-0.2, -0.15) is 5.26 Å². The van der Waals surface area contributed by atoms with Gasteiger partial charge in [0.05, 0.1) is 11.0 Å². The van der Waals surface area contributed by atoms with Gasteiger partial charge in [0.15, 0.2) is 0 Å². The van der Waals surface area contributed by atoms with E-state index in [-0.39, 0.29) is 10.6 Å². The molecule has 3 aromatic rings. The third-order valence-electron chi connectivity index (χ3n) is 3.64. The Bertz CT molecular complexity index is 874. The maximum absolute atomic E-state index is 11.0. The molecular weight excluding hydrogens is 266 g/mol. The van der Waals surface area contributed by atoms with Crippen LogP contribution in [0.3, 0.4) is 0 Å². The molecule has 2 aromatic carbocycles. The molecule has 3 rings (SSSR count). The van der Waals surface area contributed by atoms with E-state index >= 15 is 0 Å². The van der Waals surface area contributed by atoms with E-state index in [9.17, 15) is 10.1 Å². The number of aromatic nitrogens is 1. The first-order valence-corrected chi connectivity index (χ1v) is 6.74. The van der Waals surface area contributed by atoms with E-state index in [1.165, 1.54) is 6.07 Å². The number of nitrogens with zero attached hydrogens (tertiary/aromatic N) is 3. The minimum Gasteiger partial charge on any atom is -0.340 e. The molecule has 1 aromatic heterocycles. The average molecular weight is 279 g/mol. The van der Waals surface area contributed by atoms with E-state index in [0.29, 0.717) is 6.42 Å². The molecule has 21 heavy (non-hydrogen) atoms. The summed E-state index contributed by atoms with van der Waals surface area (Å²) in [5.41, 5.74) is 2.12. The summed E-state index contributed by atoms with van der Waals surface area (Å²) in [5, 5.41) is 21.5. The molecule has 0 aliphatic rings. The van der Waals surface area contributed by atoms with Crippen LogP contribution < -0.4 is 0 Å². The van der Waals surface area contributed by atoms with Crippen LogP contribution in [0.4, 0.5) is 5.69 Å². The molecule has 0 bridgehead atoms. The lowest BCUT2D eigenvalue weighted by Gasteiger charge is -2.05. The summed E-state index contributed by atoms with van der Waals surface area (Å²) in [5.74, 6) is 0. The van der Waals surface area contributed by atoms with Crippen LogP contribution in [0.2, 0.25) is 0 Å². The highest BCUT2D eigenvalue weighted by Crippen LogP contribution is 2.31. The maximum atomic E-state index is 11.0. The molecule has 0 spiro atoms. The fourth-order valence-electron chi connectivity index (χ4n) is 2.71. The van der Waals surface area contributed by atoms with E-state index in [0.717, 1.165) is 34.8 Å². The van der Waals surface area contributed by atoms with Crippen LogP contribution in [-0.4, -0.2) is 9.49 Å². The molecule has 0 fully saturated rings. The molecule has 0 aliphatic heterocycles. The first-order chi connectivity index (χ1) is 10.2. The van der Waals surface area contributed by atoms with Crippen LogP contribution in [0, 0.1) is 21.4 Å². The minimum atomic E-state index is -0.374. The van der Waals surface area contributed by atoms with E-state index < -0.39 is 0 Å². The van der Waals surface area contributed by atoms with Gasteiger partial charge in [-0.15, -0.1) is 0 Å². The number of para-hydroxylation sites is 1. The minimum absolute atomic E-state index is 0.0995. The quantitative estimate of drug-likeness (QED) is 0.411. The van der Waals surface area contributed by atoms with Crippen LogP contribution in [-0.2, 0) is 6.54 Å². The Balaban J connectivity index is 2.24. The van der Waals surface area contributed by atoms with Crippen molar-refractivity contribution in [2.24, 2.45) is 0 Å². The van der Waals surface area contributed by atoms with Crippen molar-refractivity contribution < 1.29 is 4.92 Å². The number of nitro groups is 1. The van der Waals surface area contributed by atoms with Crippen LogP contribution in [0.5, 0.6) is 0 Å². The number of hydrogen-bond acceptors (Lipinski definition) is 3. The predicted molar refractivity (Wildman–Crippen MR) is 80.9 cm³/mol. The van der Waals surface area contributed by atoms with Gasteiger partial charge >= 0.3 is 0 Å². The lowest BCUT2D eigenvalue weighted by molar-refractivity contribution is -0.384. The molecule has 0 unspecified atom stereocenters. The molecule has 0 radical (unpaired) electrons. The van der Waals surface area contributed by atoms with Gasteiger partial charge in [0.25, 0.3) is 5.69 Å². The summed E-state index contributed by atoms with van der Waals surface area (Å²) in [6.07, 6.45) is 1.27. The maximum Gasteiger partial charge on any atom is 0.270 e. The molecule has 0 saturated heterocycles. The van der Waals surface area contributed by atoms with Crippen molar-refractivity contribution in [1.29, 1.82) is 5.26 Å². The molecule has 0 N–H and O–H groups in total. The summed E-state index contributed by atoms with van der Waals surface area (Å²) in [4.78, 5) is 10.6. The Kier molecular flexibility index (Phi) is 3.28. The molecule has 5 heteroatoms. The predicted octanol–water partition coefficient (Wildman–Crippen LogP) is 4.01. The first-order valence-electron chi connectivity index (χ1n) is 6.74. The molecule has 5 nitrogen and oxygen atoms in total. The zero-order valence-corrected chi connectivity index (χ0v) is 11.3. The lowest BCUT2D eigenvalue weighted by Crippen LogP contribution is -1.97. The highest BCUT2D eigenvalue weighted by atomic mass is 16.6. The van der Waals surface area contributed by atoms with Gasteiger partial charge in [0.1, 0.15) is 0 Å². The van der Waals surface area contributed by atoms with Crippen molar-refractivity contribution in [2.45, 2.75) is 19.4 Å². The zero-order valence-electron chi connectivity index (χ0n) is 11.3. The fraction of sp³-hybridized carbons (Fsp3) is 0.188. The van der Waals surface area contributed by atoms with E-state index in [2.05, 4.69) is 10.6 Å². The first kappa shape index (κ1) is 13.1. The van der Waals surface area contributed by atoms with Crippen LogP contribution in [0.1, 0.15) is 12.8 Å². The van der Waals surface area contributed by atoms with E-state index in [1.807, 2.05) is 24.3 Å². The third kappa shape index (κ3) is 2.21. The van der Waals surface area contributed by atoms with E-state index in [4.69, 9.17) is 5.26 Å². The standard InChI is InChI=1S/C16H13N3O2/c17-9-3-4-10-18-15-6-2-1-5-13(15)14-11-12(19(20)21)7-8-16(14)18/h1-2,5-8,11H,3-4,10H2. The summed E-state index contributed by atoms with van der Waals surface area (Å²) in [6, 6.07) is 15.0. The number of aryl methyl sites for hydroxylation is 1. The molecule has 0 amide bonds. The normalized spacial score (nSPS) is 10.8. The average Bonchev–Trinajstić information content (AvgIpc) is 2.81. The van der Waals surface area contributed by atoms with Gasteiger partial charge in [-0.1, -0.05) is 18.2 Å². The number of nitriles is 1. The van der Waals surface area contributed by atoms with Crippen molar-refractivity contribution in [1.82, 2.24) is 4.57 Å². The number of non-ortho nitro benzene ring substituents is 1. The number of hydrogen-bond donors (Lipinski definition) is 0. The fourth-order valence-corrected chi connectivity index (χ4v) is 2.71. The molecule has 1 heterocycles. The third-order valence-corrected chi connectivity index (χ3v) is 3.64. The number of rotatable bonds is 4. The molecule has 0 aliphatic carbocycles. The van der Waals surface area contributed by atoms with Crippen LogP contribution in [0.25, 0.3) is 21.8 Å². The second-order valence-corrected chi connectivity index (χ2v) is 4.89. The Morgan fingerprint density at radius 2 is 1.90 bits per heavy atom. The van der Waals surface area contributed by atoms with Crippen molar-refractivity contribution in [3.8, 4) is 6.07 Å². The van der Waals surface area contributed by atoms with Crippen LogP contribution in [0.15, 0.2) is 42.5 Å².